The smallest absolute Gasteiger partial charge is 0.242 e. The fourth-order valence-electron chi connectivity index (χ4n) is 3.17. The monoisotopic (exact) mass is 335 g/mol. The van der Waals surface area contributed by atoms with Gasteiger partial charge in [-0.05, 0) is 25.3 Å². The summed E-state index contributed by atoms with van der Waals surface area (Å²) in [6, 6.07) is 1.48. The lowest BCUT2D eigenvalue weighted by molar-refractivity contribution is -0.130. The summed E-state index contributed by atoms with van der Waals surface area (Å²) in [6.45, 7) is 3.68. The number of carbonyl (C=O) groups is 2. The molecule has 2 aliphatic rings. The summed E-state index contributed by atoms with van der Waals surface area (Å²) in [4.78, 5) is 26.2. The lowest BCUT2D eigenvalue weighted by Crippen LogP contribution is -2.51. The molecular formula is C16H25N5O3. The van der Waals surface area contributed by atoms with Crippen molar-refractivity contribution in [1.29, 1.82) is 0 Å². The largest absolute Gasteiger partial charge is 0.374 e. The SMILES string of the molecule is O=C(CN1CCO[C@H](Cn2cccn2)C1)N[C@@H]1CCCCNC1=O. The number of rotatable bonds is 5. The van der Waals surface area contributed by atoms with E-state index < -0.39 is 6.04 Å². The molecular weight excluding hydrogens is 310 g/mol. The van der Waals surface area contributed by atoms with Gasteiger partial charge in [0.2, 0.25) is 11.8 Å². The molecule has 3 heterocycles. The molecule has 1 aromatic heterocycles. The second-order valence-electron chi connectivity index (χ2n) is 6.36. The Labute approximate surface area is 141 Å². The molecule has 0 spiro atoms. The number of amides is 2. The van der Waals surface area contributed by atoms with Gasteiger partial charge in [0.05, 0.1) is 25.8 Å². The van der Waals surface area contributed by atoms with Crippen LogP contribution in [0, 0.1) is 0 Å². The summed E-state index contributed by atoms with van der Waals surface area (Å²) in [7, 11) is 0. The fraction of sp³-hybridized carbons (Fsp3) is 0.688. The number of nitrogens with zero attached hydrogens (tertiary/aromatic N) is 3. The van der Waals surface area contributed by atoms with E-state index in [-0.39, 0.29) is 17.9 Å². The minimum atomic E-state index is -0.402. The number of carbonyl (C=O) groups excluding carboxylic acids is 2. The number of nitrogens with one attached hydrogen (secondary N) is 2. The second kappa shape index (κ2) is 8.25. The molecule has 3 rings (SSSR count). The summed E-state index contributed by atoms with van der Waals surface area (Å²) >= 11 is 0. The van der Waals surface area contributed by atoms with Crippen LogP contribution < -0.4 is 10.6 Å². The minimum absolute atomic E-state index is 0.0210. The van der Waals surface area contributed by atoms with Gasteiger partial charge >= 0.3 is 0 Å². The average Bonchev–Trinajstić information content (AvgIpc) is 2.98. The van der Waals surface area contributed by atoms with Crippen LogP contribution >= 0.6 is 0 Å². The van der Waals surface area contributed by atoms with Crippen LogP contribution in [0.1, 0.15) is 19.3 Å². The molecule has 0 aliphatic carbocycles. The van der Waals surface area contributed by atoms with E-state index in [1.807, 2.05) is 16.9 Å². The van der Waals surface area contributed by atoms with Crippen LogP contribution in [0.3, 0.4) is 0 Å². The highest BCUT2D eigenvalue weighted by molar-refractivity contribution is 5.88. The van der Waals surface area contributed by atoms with Crippen molar-refractivity contribution in [3.05, 3.63) is 18.5 Å². The topological polar surface area (TPSA) is 88.5 Å². The number of hydrogen-bond donors (Lipinski definition) is 2. The second-order valence-corrected chi connectivity index (χ2v) is 6.36. The molecule has 2 aliphatic heterocycles. The van der Waals surface area contributed by atoms with Gasteiger partial charge in [0.1, 0.15) is 6.04 Å². The van der Waals surface area contributed by atoms with E-state index in [1.54, 1.807) is 6.20 Å². The van der Waals surface area contributed by atoms with Gasteiger partial charge in [0, 0.05) is 32.0 Å². The third-order valence-corrected chi connectivity index (χ3v) is 4.41. The molecule has 2 atom stereocenters. The Hall–Kier alpha value is -1.93. The molecule has 0 bridgehead atoms. The Morgan fingerprint density at radius 3 is 3.21 bits per heavy atom. The van der Waals surface area contributed by atoms with E-state index in [4.69, 9.17) is 4.74 Å². The van der Waals surface area contributed by atoms with Crippen LogP contribution in [0.2, 0.25) is 0 Å². The zero-order valence-electron chi connectivity index (χ0n) is 13.8. The highest BCUT2D eigenvalue weighted by Gasteiger charge is 2.26. The van der Waals surface area contributed by atoms with Crippen LogP contribution in [0.4, 0.5) is 0 Å². The first-order valence-electron chi connectivity index (χ1n) is 8.59. The van der Waals surface area contributed by atoms with Gasteiger partial charge in [-0.1, -0.05) is 0 Å². The van der Waals surface area contributed by atoms with Crippen molar-refractivity contribution in [1.82, 2.24) is 25.3 Å². The highest BCUT2D eigenvalue weighted by atomic mass is 16.5. The maximum atomic E-state index is 12.3. The number of morpholine rings is 1. The Kier molecular flexibility index (Phi) is 5.81. The van der Waals surface area contributed by atoms with E-state index in [2.05, 4.69) is 20.6 Å². The van der Waals surface area contributed by atoms with Crippen molar-refractivity contribution in [2.75, 3.05) is 32.8 Å². The van der Waals surface area contributed by atoms with Gasteiger partial charge in [-0.25, -0.2) is 0 Å². The van der Waals surface area contributed by atoms with Gasteiger partial charge < -0.3 is 15.4 Å². The average molecular weight is 335 g/mol. The van der Waals surface area contributed by atoms with E-state index >= 15 is 0 Å². The van der Waals surface area contributed by atoms with E-state index in [1.165, 1.54) is 0 Å². The quantitative estimate of drug-likeness (QED) is 0.748. The van der Waals surface area contributed by atoms with Crippen molar-refractivity contribution in [2.45, 2.75) is 38.0 Å². The van der Waals surface area contributed by atoms with Gasteiger partial charge in [-0.3, -0.25) is 19.2 Å². The Bertz CT molecular complexity index is 548. The molecule has 2 fully saturated rings. The number of ether oxygens (including phenoxy) is 1. The summed E-state index contributed by atoms with van der Waals surface area (Å²) in [5.74, 6) is -0.170. The lowest BCUT2D eigenvalue weighted by Gasteiger charge is -2.32. The molecule has 0 unspecified atom stereocenters. The first-order chi connectivity index (χ1) is 11.7. The molecule has 0 radical (unpaired) electrons. The molecule has 8 nitrogen and oxygen atoms in total. The van der Waals surface area contributed by atoms with Crippen LogP contribution in [0.15, 0.2) is 18.5 Å². The standard InChI is InChI=1S/C16H25N5O3/c22-15(19-14-4-1-2-5-17-16(14)23)12-20-8-9-24-13(10-20)11-21-7-3-6-18-21/h3,6-7,13-14H,1-2,4-5,8-12H2,(H,17,23)(H,19,22)/t13-,14+/m0/s1. The van der Waals surface area contributed by atoms with Crippen LogP contribution in [-0.4, -0.2) is 71.4 Å². The molecule has 1 aromatic rings. The molecule has 132 valence electrons. The lowest BCUT2D eigenvalue weighted by atomic mass is 10.1. The summed E-state index contributed by atoms with van der Waals surface area (Å²) in [5.41, 5.74) is 0. The molecule has 8 heteroatoms. The van der Waals surface area contributed by atoms with Gasteiger partial charge in [-0.15, -0.1) is 0 Å². The summed E-state index contributed by atoms with van der Waals surface area (Å²) < 4.78 is 7.59. The minimum Gasteiger partial charge on any atom is -0.374 e. The van der Waals surface area contributed by atoms with Gasteiger partial charge in [0.25, 0.3) is 0 Å². The molecule has 0 aromatic carbocycles. The molecule has 24 heavy (non-hydrogen) atoms. The predicted molar refractivity (Wildman–Crippen MR) is 87.2 cm³/mol. The highest BCUT2D eigenvalue weighted by Crippen LogP contribution is 2.08. The summed E-state index contributed by atoms with van der Waals surface area (Å²) in [5, 5.41) is 9.89. The maximum absolute atomic E-state index is 12.3. The maximum Gasteiger partial charge on any atom is 0.242 e. The molecule has 2 amide bonds. The first kappa shape index (κ1) is 16.9. The van der Waals surface area contributed by atoms with Crippen LogP contribution in [0.25, 0.3) is 0 Å². The Balaban J connectivity index is 1.45. The zero-order valence-corrected chi connectivity index (χ0v) is 13.8. The Morgan fingerprint density at radius 1 is 1.46 bits per heavy atom. The summed E-state index contributed by atoms with van der Waals surface area (Å²) in [6.07, 6.45) is 6.30. The molecule has 2 saturated heterocycles. The van der Waals surface area contributed by atoms with Crippen LogP contribution in [-0.2, 0) is 20.9 Å². The van der Waals surface area contributed by atoms with Gasteiger partial charge in [-0.2, -0.15) is 5.10 Å². The number of aromatic nitrogens is 2. The molecule has 0 saturated carbocycles. The van der Waals surface area contributed by atoms with Crippen LogP contribution in [0.5, 0.6) is 0 Å². The molecule has 2 N–H and O–H groups in total. The van der Waals surface area contributed by atoms with Crippen molar-refractivity contribution >= 4 is 11.8 Å². The van der Waals surface area contributed by atoms with E-state index in [0.717, 1.165) is 19.4 Å². The van der Waals surface area contributed by atoms with Crippen molar-refractivity contribution in [3.8, 4) is 0 Å². The third-order valence-electron chi connectivity index (χ3n) is 4.41. The predicted octanol–water partition coefficient (Wildman–Crippen LogP) is -0.631. The van der Waals surface area contributed by atoms with Crippen molar-refractivity contribution < 1.29 is 14.3 Å². The zero-order chi connectivity index (χ0) is 16.8. The van der Waals surface area contributed by atoms with E-state index in [0.29, 0.717) is 39.2 Å². The van der Waals surface area contributed by atoms with Crippen molar-refractivity contribution in [2.24, 2.45) is 0 Å². The first-order valence-corrected chi connectivity index (χ1v) is 8.59. The normalized spacial score (nSPS) is 25.8. The third kappa shape index (κ3) is 4.78. The van der Waals surface area contributed by atoms with Gasteiger partial charge in [0.15, 0.2) is 0 Å². The fourth-order valence-corrected chi connectivity index (χ4v) is 3.17. The number of hydrogen-bond acceptors (Lipinski definition) is 5. The Morgan fingerprint density at radius 2 is 2.38 bits per heavy atom. The van der Waals surface area contributed by atoms with E-state index in [9.17, 15) is 9.59 Å². The van der Waals surface area contributed by atoms with Crippen molar-refractivity contribution in [3.63, 3.8) is 0 Å².